The Hall–Kier alpha value is -1.89. The highest BCUT2D eigenvalue weighted by Gasteiger charge is 2.13. The summed E-state index contributed by atoms with van der Waals surface area (Å²) < 4.78 is 12.4. The van der Waals surface area contributed by atoms with Crippen molar-refractivity contribution >= 4 is 23.8 Å². The van der Waals surface area contributed by atoms with E-state index in [4.69, 9.17) is 32.7 Å². The number of furan rings is 1. The fourth-order valence-electron chi connectivity index (χ4n) is 2.21. The molecule has 0 spiro atoms. The molecule has 2 aromatic heterocycles. The normalized spacial score (nSPS) is 12.5. The molecule has 0 aliphatic carbocycles. The third-order valence-electron chi connectivity index (χ3n) is 3.15. The molecule has 7 heteroatoms. The Kier molecular flexibility index (Phi) is 4.42. The Bertz CT molecular complexity index is 810. The van der Waals surface area contributed by atoms with Crippen LogP contribution in [0.3, 0.4) is 0 Å². The third-order valence-corrected chi connectivity index (χ3v) is 3.68. The van der Waals surface area contributed by atoms with Gasteiger partial charge in [0.15, 0.2) is 12.4 Å². The van der Waals surface area contributed by atoms with Crippen LogP contribution in [0.15, 0.2) is 51.5 Å². The fraction of sp³-hybridized carbons (Fsp3) is 0.200. The average molecular weight is 337 g/mol. The maximum Gasteiger partial charge on any atom is 0.292 e. The second kappa shape index (κ2) is 6.48. The number of halogens is 1. The van der Waals surface area contributed by atoms with Gasteiger partial charge in [-0.1, -0.05) is 23.7 Å². The van der Waals surface area contributed by atoms with Crippen LogP contribution in [0.25, 0.3) is 11.7 Å². The summed E-state index contributed by atoms with van der Waals surface area (Å²) in [6.45, 7) is 1.40. The number of aromatic nitrogens is 2. The standard InChI is InChI=1S/C15H14ClN3O2S/c1-18(9-11-4-2-5-12(16)8-11)10-19-15(22)21-14(17-19)13-6-3-7-20-13/h2-8H,9-10H2,1H3/p+1. The molecule has 1 atom stereocenters. The SMILES string of the molecule is C[NH+](Cc1cccc(Cl)c1)Cn1nc(-c2ccco2)oc1=S. The van der Waals surface area contributed by atoms with Gasteiger partial charge in [0.25, 0.3) is 10.7 Å². The van der Waals surface area contributed by atoms with Gasteiger partial charge in [0.1, 0.15) is 6.54 Å². The quantitative estimate of drug-likeness (QED) is 0.728. The van der Waals surface area contributed by atoms with Gasteiger partial charge < -0.3 is 13.7 Å². The van der Waals surface area contributed by atoms with E-state index in [1.807, 2.05) is 24.3 Å². The van der Waals surface area contributed by atoms with E-state index in [1.54, 1.807) is 23.1 Å². The van der Waals surface area contributed by atoms with Gasteiger partial charge >= 0.3 is 0 Å². The largest absolute Gasteiger partial charge is 0.459 e. The summed E-state index contributed by atoms with van der Waals surface area (Å²) in [7, 11) is 2.06. The summed E-state index contributed by atoms with van der Waals surface area (Å²) in [6, 6.07) is 11.4. The van der Waals surface area contributed by atoms with Crippen LogP contribution < -0.4 is 4.90 Å². The van der Waals surface area contributed by atoms with Gasteiger partial charge in [-0.25, -0.2) is 0 Å². The van der Waals surface area contributed by atoms with Crippen molar-refractivity contribution in [2.45, 2.75) is 13.2 Å². The lowest BCUT2D eigenvalue weighted by molar-refractivity contribution is -0.917. The number of benzene rings is 1. The number of rotatable bonds is 5. The Morgan fingerprint density at radius 3 is 2.91 bits per heavy atom. The molecule has 0 fully saturated rings. The predicted molar refractivity (Wildman–Crippen MR) is 85.1 cm³/mol. The number of nitrogens with zero attached hydrogens (tertiary/aromatic N) is 2. The Morgan fingerprint density at radius 1 is 1.32 bits per heavy atom. The van der Waals surface area contributed by atoms with E-state index in [-0.39, 0.29) is 0 Å². The number of nitrogens with one attached hydrogen (secondary N) is 1. The van der Waals surface area contributed by atoms with Crippen molar-refractivity contribution in [1.29, 1.82) is 0 Å². The summed E-state index contributed by atoms with van der Waals surface area (Å²) in [5.41, 5.74) is 1.16. The molecule has 0 saturated heterocycles. The molecule has 0 amide bonds. The monoisotopic (exact) mass is 336 g/mol. The van der Waals surface area contributed by atoms with Crippen molar-refractivity contribution in [3.8, 4) is 11.7 Å². The zero-order valence-electron chi connectivity index (χ0n) is 12.0. The summed E-state index contributed by atoms with van der Waals surface area (Å²) in [5, 5.41) is 5.10. The van der Waals surface area contributed by atoms with E-state index in [9.17, 15) is 0 Å². The highest BCUT2D eigenvalue weighted by Crippen LogP contribution is 2.17. The minimum atomic E-state index is 0.330. The summed E-state index contributed by atoms with van der Waals surface area (Å²) in [5.74, 6) is 0.961. The smallest absolute Gasteiger partial charge is 0.292 e. The Labute approximate surface area is 137 Å². The van der Waals surface area contributed by atoms with Crippen LogP contribution in [0.5, 0.6) is 0 Å². The van der Waals surface area contributed by atoms with E-state index < -0.39 is 0 Å². The van der Waals surface area contributed by atoms with Crippen LogP contribution in [-0.4, -0.2) is 16.8 Å². The van der Waals surface area contributed by atoms with E-state index in [0.717, 1.165) is 17.1 Å². The average Bonchev–Trinajstić information content (AvgIpc) is 3.09. The number of quaternary nitrogens is 1. The Balaban J connectivity index is 1.72. The zero-order valence-corrected chi connectivity index (χ0v) is 13.5. The second-order valence-corrected chi connectivity index (χ2v) is 5.86. The molecule has 22 heavy (non-hydrogen) atoms. The van der Waals surface area contributed by atoms with E-state index in [2.05, 4.69) is 12.1 Å². The Morgan fingerprint density at radius 2 is 2.18 bits per heavy atom. The zero-order chi connectivity index (χ0) is 15.5. The molecule has 2 heterocycles. The van der Waals surface area contributed by atoms with Gasteiger partial charge in [-0.3, -0.25) is 0 Å². The van der Waals surface area contributed by atoms with Crippen molar-refractivity contribution in [2.24, 2.45) is 0 Å². The summed E-state index contributed by atoms with van der Waals surface area (Å²) in [4.78, 5) is 1.54. The van der Waals surface area contributed by atoms with Gasteiger partial charge in [-0.2, -0.15) is 4.68 Å². The first-order valence-electron chi connectivity index (χ1n) is 6.79. The summed E-state index contributed by atoms with van der Waals surface area (Å²) >= 11 is 11.2. The molecular weight excluding hydrogens is 322 g/mol. The van der Waals surface area contributed by atoms with Gasteiger partial charge in [0.05, 0.1) is 13.3 Å². The van der Waals surface area contributed by atoms with E-state index in [0.29, 0.717) is 23.2 Å². The molecule has 0 aliphatic rings. The predicted octanol–water partition coefficient (Wildman–Crippen LogP) is 2.79. The fourth-order valence-corrected chi connectivity index (χ4v) is 2.61. The first-order chi connectivity index (χ1) is 10.6. The number of hydrogen-bond acceptors (Lipinski definition) is 4. The van der Waals surface area contributed by atoms with Gasteiger partial charge in [0.2, 0.25) is 0 Å². The first-order valence-corrected chi connectivity index (χ1v) is 7.58. The molecule has 1 aromatic carbocycles. The van der Waals surface area contributed by atoms with E-state index in [1.165, 1.54) is 4.90 Å². The second-order valence-electron chi connectivity index (χ2n) is 5.07. The maximum atomic E-state index is 6.01. The van der Waals surface area contributed by atoms with Gasteiger partial charge in [-0.05, 0) is 36.5 Å². The molecular formula is C15H15ClN3O2S+. The molecule has 0 aliphatic heterocycles. The topological polar surface area (TPSA) is 48.5 Å². The maximum absolute atomic E-state index is 6.01. The first kappa shape index (κ1) is 15.0. The third kappa shape index (κ3) is 3.47. The summed E-state index contributed by atoms with van der Waals surface area (Å²) in [6.07, 6.45) is 1.57. The van der Waals surface area contributed by atoms with Gasteiger partial charge in [0, 0.05) is 10.6 Å². The minimum Gasteiger partial charge on any atom is -0.459 e. The van der Waals surface area contributed by atoms with Crippen LogP contribution in [0.4, 0.5) is 0 Å². The molecule has 5 nitrogen and oxygen atoms in total. The minimum absolute atomic E-state index is 0.330. The van der Waals surface area contributed by atoms with Crippen molar-refractivity contribution < 1.29 is 13.7 Å². The van der Waals surface area contributed by atoms with Crippen LogP contribution in [0.2, 0.25) is 5.02 Å². The van der Waals surface area contributed by atoms with Crippen LogP contribution in [-0.2, 0) is 13.2 Å². The van der Waals surface area contributed by atoms with Crippen LogP contribution in [0, 0.1) is 4.84 Å². The molecule has 114 valence electrons. The van der Waals surface area contributed by atoms with Crippen LogP contribution >= 0.6 is 23.8 Å². The van der Waals surface area contributed by atoms with Crippen molar-refractivity contribution in [2.75, 3.05) is 7.05 Å². The molecule has 3 aromatic rings. The lowest BCUT2D eigenvalue weighted by Crippen LogP contribution is -3.07. The molecule has 0 radical (unpaired) electrons. The van der Waals surface area contributed by atoms with E-state index >= 15 is 0 Å². The van der Waals surface area contributed by atoms with Crippen molar-refractivity contribution in [3.05, 3.63) is 58.1 Å². The van der Waals surface area contributed by atoms with Crippen molar-refractivity contribution in [3.63, 3.8) is 0 Å². The van der Waals surface area contributed by atoms with Gasteiger partial charge in [-0.15, -0.1) is 5.10 Å². The highest BCUT2D eigenvalue weighted by molar-refractivity contribution is 7.71. The highest BCUT2D eigenvalue weighted by atomic mass is 35.5. The van der Waals surface area contributed by atoms with Crippen LogP contribution in [0.1, 0.15) is 5.56 Å². The molecule has 1 N–H and O–H groups in total. The lowest BCUT2D eigenvalue weighted by Gasteiger charge is -2.13. The molecule has 1 unspecified atom stereocenters. The molecule has 0 bridgehead atoms. The molecule has 3 rings (SSSR count). The number of hydrogen-bond donors (Lipinski definition) is 1. The lowest BCUT2D eigenvalue weighted by atomic mass is 10.2. The van der Waals surface area contributed by atoms with Crippen molar-refractivity contribution in [1.82, 2.24) is 9.78 Å². The molecule has 0 saturated carbocycles.